The first kappa shape index (κ1) is 15.4. The normalized spacial score (nSPS) is 10.7. The van der Waals surface area contributed by atoms with Gasteiger partial charge in [0.2, 0.25) is 5.76 Å². The molecule has 4 nitrogen and oxygen atoms in total. The number of furan rings is 1. The zero-order chi connectivity index (χ0) is 16.4. The van der Waals surface area contributed by atoms with Crippen LogP contribution in [0, 0.1) is 6.92 Å². The summed E-state index contributed by atoms with van der Waals surface area (Å²) in [6.07, 6.45) is 0. The van der Waals surface area contributed by atoms with Crippen LogP contribution >= 0.6 is 11.6 Å². The van der Waals surface area contributed by atoms with Gasteiger partial charge >= 0.3 is 5.97 Å². The lowest BCUT2D eigenvalue weighted by molar-refractivity contribution is 0.0437. The predicted molar refractivity (Wildman–Crippen MR) is 88.1 cm³/mol. The van der Waals surface area contributed by atoms with E-state index in [9.17, 15) is 4.79 Å². The number of hydrogen-bond acceptors (Lipinski definition) is 4. The molecular formula is C18H15ClO4. The fraction of sp³-hybridized carbons (Fsp3) is 0.167. The van der Waals surface area contributed by atoms with E-state index in [-0.39, 0.29) is 12.4 Å². The van der Waals surface area contributed by atoms with E-state index in [1.165, 1.54) is 0 Å². The minimum absolute atomic E-state index is 0.160. The second-order valence-corrected chi connectivity index (χ2v) is 5.50. The van der Waals surface area contributed by atoms with Gasteiger partial charge in [0.1, 0.15) is 12.4 Å². The fourth-order valence-electron chi connectivity index (χ4n) is 2.34. The molecule has 0 aliphatic rings. The van der Waals surface area contributed by atoms with Crippen LogP contribution in [0.5, 0.6) is 5.75 Å². The van der Waals surface area contributed by atoms with Crippen molar-refractivity contribution in [2.75, 3.05) is 7.11 Å². The summed E-state index contributed by atoms with van der Waals surface area (Å²) in [5, 5.41) is 1.29. The van der Waals surface area contributed by atoms with Crippen molar-refractivity contribution < 1.29 is 18.7 Å². The molecule has 0 saturated heterocycles. The quantitative estimate of drug-likeness (QED) is 0.647. The van der Waals surface area contributed by atoms with Gasteiger partial charge in [-0.25, -0.2) is 4.79 Å². The minimum Gasteiger partial charge on any atom is -0.497 e. The van der Waals surface area contributed by atoms with Crippen LogP contribution < -0.4 is 4.74 Å². The van der Waals surface area contributed by atoms with Gasteiger partial charge in [-0.05, 0) is 30.7 Å². The van der Waals surface area contributed by atoms with Crippen LogP contribution in [0.3, 0.4) is 0 Å². The maximum Gasteiger partial charge on any atom is 0.374 e. The Kier molecular flexibility index (Phi) is 4.26. The Balaban J connectivity index is 1.78. The van der Waals surface area contributed by atoms with Crippen LogP contribution in [0.25, 0.3) is 11.0 Å². The monoisotopic (exact) mass is 330 g/mol. The Bertz CT molecular complexity index is 849. The van der Waals surface area contributed by atoms with Crippen LogP contribution in [0.4, 0.5) is 0 Å². The predicted octanol–water partition coefficient (Wildman–Crippen LogP) is 4.76. The van der Waals surface area contributed by atoms with Crippen molar-refractivity contribution in [1.29, 1.82) is 0 Å². The van der Waals surface area contributed by atoms with Crippen molar-refractivity contribution in [1.82, 2.24) is 0 Å². The van der Waals surface area contributed by atoms with Crippen molar-refractivity contribution >= 4 is 28.5 Å². The lowest BCUT2D eigenvalue weighted by Crippen LogP contribution is -2.05. The highest BCUT2D eigenvalue weighted by atomic mass is 35.5. The molecule has 3 aromatic rings. The third kappa shape index (κ3) is 3.03. The molecule has 23 heavy (non-hydrogen) atoms. The molecule has 0 unspecified atom stereocenters. The van der Waals surface area contributed by atoms with E-state index >= 15 is 0 Å². The average Bonchev–Trinajstić information content (AvgIpc) is 2.92. The van der Waals surface area contributed by atoms with Crippen molar-refractivity contribution in [2.24, 2.45) is 0 Å². The molecule has 5 heteroatoms. The summed E-state index contributed by atoms with van der Waals surface area (Å²) in [6, 6.07) is 12.7. The molecule has 3 rings (SSSR count). The lowest BCUT2D eigenvalue weighted by atomic mass is 10.1. The molecule has 0 spiro atoms. The van der Waals surface area contributed by atoms with Crippen molar-refractivity contribution in [3.63, 3.8) is 0 Å². The second kappa shape index (κ2) is 6.34. The molecule has 1 heterocycles. The number of para-hydroxylation sites is 1. The number of ether oxygens (including phenoxy) is 2. The molecule has 0 aliphatic carbocycles. The van der Waals surface area contributed by atoms with Crippen LogP contribution in [0.1, 0.15) is 21.7 Å². The Morgan fingerprint density at radius 3 is 2.57 bits per heavy atom. The summed E-state index contributed by atoms with van der Waals surface area (Å²) in [7, 11) is 1.60. The van der Waals surface area contributed by atoms with Gasteiger partial charge in [-0.1, -0.05) is 35.9 Å². The van der Waals surface area contributed by atoms with Gasteiger partial charge in [-0.15, -0.1) is 0 Å². The van der Waals surface area contributed by atoms with Gasteiger partial charge in [0.05, 0.1) is 12.1 Å². The number of halogens is 1. The average molecular weight is 331 g/mol. The molecule has 0 aliphatic heterocycles. The zero-order valence-corrected chi connectivity index (χ0v) is 13.5. The van der Waals surface area contributed by atoms with Crippen LogP contribution in [-0.2, 0) is 11.3 Å². The van der Waals surface area contributed by atoms with Gasteiger partial charge in [0, 0.05) is 10.9 Å². The number of methoxy groups -OCH3 is 1. The number of aryl methyl sites for hydroxylation is 1. The van der Waals surface area contributed by atoms with Crippen LogP contribution in [0.2, 0.25) is 5.02 Å². The molecule has 0 amide bonds. The molecule has 0 saturated carbocycles. The van der Waals surface area contributed by atoms with E-state index in [0.717, 1.165) is 22.3 Å². The number of rotatable bonds is 4. The summed E-state index contributed by atoms with van der Waals surface area (Å²) in [6.45, 7) is 1.97. The van der Waals surface area contributed by atoms with Gasteiger partial charge in [-0.3, -0.25) is 0 Å². The number of carbonyl (C=O) groups excluding carboxylic acids is 1. The molecule has 0 N–H and O–H groups in total. The summed E-state index contributed by atoms with van der Waals surface area (Å²) < 4.78 is 16.0. The summed E-state index contributed by atoms with van der Waals surface area (Å²) in [5.41, 5.74) is 2.09. The summed E-state index contributed by atoms with van der Waals surface area (Å²) in [5.74, 6) is 0.426. The Hall–Kier alpha value is -2.46. The number of fused-ring (bicyclic) bond motifs is 1. The lowest BCUT2D eigenvalue weighted by Gasteiger charge is -2.05. The molecule has 0 atom stereocenters. The maximum atomic E-state index is 12.3. The standard InChI is InChI=1S/C18H15ClO4/c1-11-14-4-3-5-15(19)17(14)23-16(11)18(20)22-10-12-6-8-13(21-2)9-7-12/h3-9H,10H2,1-2H3. The molecule has 1 aromatic heterocycles. The highest BCUT2D eigenvalue weighted by Gasteiger charge is 2.20. The van der Waals surface area contributed by atoms with E-state index in [4.69, 9.17) is 25.5 Å². The van der Waals surface area contributed by atoms with E-state index in [2.05, 4.69) is 0 Å². The van der Waals surface area contributed by atoms with Gasteiger partial charge < -0.3 is 13.9 Å². The molecule has 0 fully saturated rings. The van der Waals surface area contributed by atoms with Gasteiger partial charge in [0.25, 0.3) is 0 Å². The first-order valence-electron chi connectivity index (χ1n) is 7.08. The number of carbonyl (C=O) groups is 1. The SMILES string of the molecule is COc1ccc(COC(=O)c2oc3c(Cl)cccc3c2C)cc1. The first-order valence-corrected chi connectivity index (χ1v) is 7.45. The maximum absolute atomic E-state index is 12.3. The van der Waals surface area contributed by atoms with Gasteiger partial charge in [-0.2, -0.15) is 0 Å². The highest BCUT2D eigenvalue weighted by molar-refractivity contribution is 6.35. The van der Waals surface area contributed by atoms with Gasteiger partial charge in [0.15, 0.2) is 5.58 Å². The fourth-order valence-corrected chi connectivity index (χ4v) is 2.55. The van der Waals surface area contributed by atoms with Crippen LogP contribution in [-0.4, -0.2) is 13.1 Å². The van der Waals surface area contributed by atoms with Crippen LogP contribution in [0.15, 0.2) is 46.9 Å². The molecule has 118 valence electrons. The Morgan fingerprint density at radius 1 is 1.17 bits per heavy atom. The minimum atomic E-state index is -0.509. The Morgan fingerprint density at radius 2 is 1.91 bits per heavy atom. The zero-order valence-electron chi connectivity index (χ0n) is 12.8. The van der Waals surface area contributed by atoms with E-state index < -0.39 is 5.97 Å². The largest absolute Gasteiger partial charge is 0.497 e. The van der Waals surface area contributed by atoms with E-state index in [1.807, 2.05) is 43.3 Å². The number of hydrogen-bond donors (Lipinski definition) is 0. The second-order valence-electron chi connectivity index (χ2n) is 5.10. The molecular weight excluding hydrogens is 316 g/mol. The number of esters is 1. The number of benzene rings is 2. The molecule has 0 bridgehead atoms. The van der Waals surface area contributed by atoms with Crippen molar-refractivity contribution in [3.05, 3.63) is 64.4 Å². The third-order valence-electron chi connectivity index (χ3n) is 3.63. The van der Waals surface area contributed by atoms with Crippen molar-refractivity contribution in [2.45, 2.75) is 13.5 Å². The Labute approximate surface area is 138 Å². The van der Waals surface area contributed by atoms with E-state index in [0.29, 0.717) is 10.6 Å². The highest BCUT2D eigenvalue weighted by Crippen LogP contribution is 2.31. The van der Waals surface area contributed by atoms with Crippen molar-refractivity contribution in [3.8, 4) is 5.75 Å². The third-order valence-corrected chi connectivity index (χ3v) is 3.93. The molecule has 2 aromatic carbocycles. The summed E-state index contributed by atoms with van der Waals surface area (Å²) >= 11 is 6.09. The topological polar surface area (TPSA) is 48.7 Å². The summed E-state index contributed by atoms with van der Waals surface area (Å²) in [4.78, 5) is 12.3. The first-order chi connectivity index (χ1) is 11.1. The molecule has 0 radical (unpaired) electrons. The van der Waals surface area contributed by atoms with E-state index in [1.54, 1.807) is 13.2 Å². The smallest absolute Gasteiger partial charge is 0.374 e.